The van der Waals surface area contributed by atoms with E-state index in [9.17, 15) is 9.59 Å². The number of benzene rings is 1. The summed E-state index contributed by atoms with van der Waals surface area (Å²) >= 11 is 0. The predicted octanol–water partition coefficient (Wildman–Crippen LogP) is 0.606. The minimum atomic E-state index is -0.102. The first-order chi connectivity index (χ1) is 11.0. The van der Waals surface area contributed by atoms with Crippen molar-refractivity contribution in [1.82, 2.24) is 15.1 Å². The van der Waals surface area contributed by atoms with Gasteiger partial charge in [0, 0.05) is 31.9 Å². The van der Waals surface area contributed by atoms with Crippen LogP contribution in [0.4, 0.5) is 5.69 Å². The van der Waals surface area contributed by atoms with Crippen molar-refractivity contribution >= 4 is 17.5 Å². The van der Waals surface area contributed by atoms with Crippen LogP contribution in [0, 0.1) is 13.8 Å². The molecule has 0 bridgehead atoms. The summed E-state index contributed by atoms with van der Waals surface area (Å²) in [5.41, 5.74) is 3.04. The Labute approximate surface area is 137 Å². The molecule has 2 N–H and O–H groups in total. The van der Waals surface area contributed by atoms with Crippen LogP contribution in [0.1, 0.15) is 11.1 Å². The number of anilines is 1. The summed E-state index contributed by atoms with van der Waals surface area (Å²) in [6, 6.07) is 5.84. The van der Waals surface area contributed by atoms with Gasteiger partial charge in [-0.15, -0.1) is 0 Å². The Morgan fingerprint density at radius 1 is 1.22 bits per heavy atom. The van der Waals surface area contributed by atoms with Gasteiger partial charge in [-0.25, -0.2) is 0 Å². The molecule has 0 radical (unpaired) electrons. The second-order valence-electron chi connectivity index (χ2n) is 6.10. The van der Waals surface area contributed by atoms with Gasteiger partial charge in [-0.05, 0) is 38.1 Å². The normalized spacial score (nSPS) is 14.9. The first-order valence-corrected chi connectivity index (χ1v) is 8.00. The van der Waals surface area contributed by atoms with Gasteiger partial charge >= 0.3 is 0 Å². The molecule has 23 heavy (non-hydrogen) atoms. The maximum Gasteiger partial charge on any atom is 0.238 e. The third kappa shape index (κ3) is 5.04. The minimum absolute atomic E-state index is 0.0773. The average Bonchev–Trinajstić information content (AvgIpc) is 2.52. The smallest absolute Gasteiger partial charge is 0.238 e. The molecular weight excluding hydrogens is 292 g/mol. The summed E-state index contributed by atoms with van der Waals surface area (Å²) in [7, 11) is 1.79. The molecule has 1 fully saturated rings. The Balaban J connectivity index is 1.82. The molecule has 6 heteroatoms. The number of rotatable bonds is 5. The number of hydrogen-bond acceptors (Lipinski definition) is 4. The molecule has 2 amide bonds. The van der Waals surface area contributed by atoms with Gasteiger partial charge in [0.2, 0.25) is 11.8 Å². The lowest BCUT2D eigenvalue weighted by molar-refractivity contribution is -0.133. The highest BCUT2D eigenvalue weighted by molar-refractivity contribution is 5.93. The zero-order chi connectivity index (χ0) is 16.8. The monoisotopic (exact) mass is 318 g/mol. The topological polar surface area (TPSA) is 64.7 Å². The van der Waals surface area contributed by atoms with Crippen molar-refractivity contribution in [1.29, 1.82) is 0 Å². The molecule has 1 aromatic carbocycles. The number of aryl methyl sites for hydroxylation is 1. The van der Waals surface area contributed by atoms with Crippen LogP contribution in [0.5, 0.6) is 0 Å². The molecule has 1 heterocycles. The number of carbonyl (C=O) groups excluding carboxylic acids is 2. The molecule has 0 atom stereocenters. The summed E-state index contributed by atoms with van der Waals surface area (Å²) in [4.78, 5) is 27.9. The van der Waals surface area contributed by atoms with Gasteiger partial charge < -0.3 is 15.5 Å². The van der Waals surface area contributed by atoms with Crippen LogP contribution in [0.25, 0.3) is 0 Å². The van der Waals surface area contributed by atoms with E-state index in [0.29, 0.717) is 0 Å². The van der Waals surface area contributed by atoms with E-state index in [0.717, 1.165) is 43.0 Å². The molecule has 1 aliphatic rings. The van der Waals surface area contributed by atoms with Crippen LogP contribution in [0.2, 0.25) is 0 Å². The molecule has 0 aliphatic carbocycles. The van der Waals surface area contributed by atoms with Crippen molar-refractivity contribution in [2.75, 3.05) is 51.6 Å². The lowest BCUT2D eigenvalue weighted by Gasteiger charge is -2.29. The zero-order valence-corrected chi connectivity index (χ0v) is 14.2. The quantitative estimate of drug-likeness (QED) is 0.835. The molecular formula is C17H26N4O2. The van der Waals surface area contributed by atoms with E-state index in [4.69, 9.17) is 0 Å². The van der Waals surface area contributed by atoms with Gasteiger partial charge in [0.15, 0.2) is 0 Å². The first kappa shape index (κ1) is 17.4. The maximum absolute atomic E-state index is 12.2. The Bertz CT molecular complexity index is 568. The number of likely N-dealkylation sites (N-methyl/N-ethyl adjacent to an activating group) is 1. The molecule has 0 saturated carbocycles. The maximum atomic E-state index is 12.2. The van der Waals surface area contributed by atoms with E-state index in [-0.39, 0.29) is 24.9 Å². The molecule has 0 aromatic heterocycles. The predicted molar refractivity (Wildman–Crippen MR) is 91.5 cm³/mol. The Morgan fingerprint density at radius 2 is 1.91 bits per heavy atom. The Hall–Kier alpha value is -1.92. The SMILES string of the molecule is Cc1cccc(NC(=O)CN(C)CC(=O)N2CCNCC2)c1C. The third-order valence-electron chi connectivity index (χ3n) is 4.17. The lowest BCUT2D eigenvalue weighted by Crippen LogP contribution is -2.49. The largest absolute Gasteiger partial charge is 0.339 e. The number of amides is 2. The molecule has 1 aliphatic heterocycles. The second-order valence-corrected chi connectivity index (χ2v) is 6.10. The van der Waals surface area contributed by atoms with Crippen LogP contribution in [-0.2, 0) is 9.59 Å². The van der Waals surface area contributed by atoms with E-state index < -0.39 is 0 Å². The van der Waals surface area contributed by atoms with Crippen LogP contribution in [0.3, 0.4) is 0 Å². The Kier molecular flexibility index (Phi) is 6.12. The number of hydrogen-bond donors (Lipinski definition) is 2. The fourth-order valence-electron chi connectivity index (χ4n) is 2.62. The van der Waals surface area contributed by atoms with Gasteiger partial charge in [0.25, 0.3) is 0 Å². The van der Waals surface area contributed by atoms with Crippen LogP contribution < -0.4 is 10.6 Å². The number of piperazine rings is 1. The summed E-state index contributed by atoms with van der Waals surface area (Å²) in [5.74, 6) is -0.0251. The van der Waals surface area contributed by atoms with Gasteiger partial charge in [-0.1, -0.05) is 12.1 Å². The Morgan fingerprint density at radius 3 is 2.61 bits per heavy atom. The third-order valence-corrected chi connectivity index (χ3v) is 4.17. The fourth-order valence-corrected chi connectivity index (χ4v) is 2.62. The van der Waals surface area contributed by atoms with Crippen LogP contribution in [0.15, 0.2) is 18.2 Å². The average molecular weight is 318 g/mol. The molecule has 1 aromatic rings. The van der Waals surface area contributed by atoms with Crippen molar-refractivity contribution < 1.29 is 9.59 Å². The van der Waals surface area contributed by atoms with Crippen molar-refractivity contribution in [2.45, 2.75) is 13.8 Å². The minimum Gasteiger partial charge on any atom is -0.339 e. The standard InChI is InChI=1S/C17H26N4O2/c1-13-5-4-6-15(14(13)2)19-16(22)11-20(3)12-17(23)21-9-7-18-8-10-21/h4-6,18H,7-12H2,1-3H3,(H,19,22). The summed E-state index contributed by atoms with van der Waals surface area (Å²) in [6.45, 7) is 7.62. The van der Waals surface area contributed by atoms with E-state index in [1.165, 1.54) is 0 Å². The number of carbonyl (C=O) groups is 2. The van der Waals surface area contributed by atoms with E-state index in [2.05, 4.69) is 10.6 Å². The fraction of sp³-hybridized carbons (Fsp3) is 0.529. The molecule has 0 unspecified atom stereocenters. The summed E-state index contributed by atoms with van der Waals surface area (Å²) < 4.78 is 0. The van der Waals surface area contributed by atoms with E-state index in [1.54, 1.807) is 11.9 Å². The lowest BCUT2D eigenvalue weighted by atomic mass is 10.1. The van der Waals surface area contributed by atoms with Gasteiger partial charge in [0.1, 0.15) is 0 Å². The van der Waals surface area contributed by atoms with Crippen molar-refractivity contribution in [3.63, 3.8) is 0 Å². The molecule has 126 valence electrons. The van der Waals surface area contributed by atoms with Crippen LogP contribution >= 0.6 is 0 Å². The molecule has 6 nitrogen and oxygen atoms in total. The highest BCUT2D eigenvalue weighted by atomic mass is 16.2. The van der Waals surface area contributed by atoms with Crippen molar-refractivity contribution in [3.05, 3.63) is 29.3 Å². The zero-order valence-electron chi connectivity index (χ0n) is 14.2. The van der Waals surface area contributed by atoms with E-state index in [1.807, 2.05) is 36.9 Å². The van der Waals surface area contributed by atoms with Gasteiger partial charge in [-0.3, -0.25) is 14.5 Å². The molecule has 1 saturated heterocycles. The second kappa shape index (κ2) is 8.08. The molecule has 2 rings (SSSR count). The van der Waals surface area contributed by atoms with Crippen molar-refractivity contribution in [2.24, 2.45) is 0 Å². The van der Waals surface area contributed by atoms with Gasteiger partial charge in [-0.2, -0.15) is 0 Å². The van der Waals surface area contributed by atoms with Gasteiger partial charge in [0.05, 0.1) is 13.1 Å². The first-order valence-electron chi connectivity index (χ1n) is 8.00. The van der Waals surface area contributed by atoms with Crippen LogP contribution in [-0.4, -0.2) is 67.9 Å². The van der Waals surface area contributed by atoms with E-state index >= 15 is 0 Å². The molecule has 0 spiro atoms. The van der Waals surface area contributed by atoms with Crippen molar-refractivity contribution in [3.8, 4) is 0 Å². The summed E-state index contributed by atoms with van der Waals surface area (Å²) in [6.07, 6.45) is 0. The number of nitrogens with one attached hydrogen (secondary N) is 2. The summed E-state index contributed by atoms with van der Waals surface area (Å²) in [5, 5.41) is 6.14. The number of nitrogens with zero attached hydrogens (tertiary/aromatic N) is 2. The highest BCUT2D eigenvalue weighted by Crippen LogP contribution is 2.17. The highest BCUT2D eigenvalue weighted by Gasteiger charge is 2.18.